The maximum atomic E-state index is 9.41. The van der Waals surface area contributed by atoms with Crippen molar-refractivity contribution in [1.82, 2.24) is 0 Å². The van der Waals surface area contributed by atoms with Gasteiger partial charge < -0.3 is 20.4 Å². The topological polar surface area (TPSA) is 80.9 Å². The fraction of sp³-hybridized carbons (Fsp3) is 1.00. The summed E-state index contributed by atoms with van der Waals surface area (Å²) >= 11 is 0. The Labute approximate surface area is 91.6 Å². The summed E-state index contributed by atoms with van der Waals surface area (Å²) in [6.45, 7) is 0.438. The van der Waals surface area contributed by atoms with Crippen molar-refractivity contribution in [3.05, 3.63) is 0 Å². The van der Waals surface area contributed by atoms with Crippen molar-refractivity contribution in [1.29, 1.82) is 0 Å². The second kappa shape index (κ2) is 9.09. The van der Waals surface area contributed by atoms with Gasteiger partial charge in [-0.2, -0.15) is 0 Å². The Morgan fingerprint density at radius 2 is 0.933 bits per heavy atom. The van der Waals surface area contributed by atoms with Crippen LogP contribution in [0.3, 0.4) is 0 Å². The van der Waals surface area contributed by atoms with Gasteiger partial charge in [0.15, 0.2) is 0 Å². The molecule has 0 aliphatic heterocycles. The largest absolute Gasteiger partial charge is 0.396 e. The number of hydrogen-bond acceptors (Lipinski definition) is 4. The van der Waals surface area contributed by atoms with E-state index in [-0.39, 0.29) is 31.8 Å². The second-order valence-corrected chi connectivity index (χ2v) is 4.14. The number of aliphatic hydroxyl groups excluding tert-OH is 4. The average molecular weight is 220 g/mol. The van der Waals surface area contributed by atoms with E-state index in [9.17, 15) is 5.11 Å². The molecule has 0 unspecified atom stereocenters. The summed E-state index contributed by atoms with van der Waals surface area (Å²) in [6, 6.07) is 0. The first-order valence-corrected chi connectivity index (χ1v) is 5.68. The highest BCUT2D eigenvalue weighted by Gasteiger charge is 2.27. The molecule has 0 saturated carbocycles. The summed E-state index contributed by atoms with van der Waals surface area (Å²) in [7, 11) is 0. The fourth-order valence-electron chi connectivity index (χ4n) is 1.97. The van der Waals surface area contributed by atoms with Crippen LogP contribution in [0.25, 0.3) is 0 Å². The highest BCUT2D eigenvalue weighted by Crippen LogP contribution is 2.34. The molecule has 15 heavy (non-hydrogen) atoms. The molecule has 0 heterocycles. The molecule has 0 aromatic heterocycles. The van der Waals surface area contributed by atoms with Crippen molar-refractivity contribution in [3.8, 4) is 0 Å². The Kier molecular flexibility index (Phi) is 9.00. The number of hydrogen-bond donors (Lipinski definition) is 4. The smallest absolute Gasteiger partial charge is 0.0487 e. The molecule has 0 bridgehead atoms. The molecule has 0 saturated heterocycles. The van der Waals surface area contributed by atoms with Gasteiger partial charge in [-0.1, -0.05) is 0 Å². The van der Waals surface area contributed by atoms with Gasteiger partial charge in [-0.3, -0.25) is 0 Å². The average Bonchev–Trinajstić information content (AvgIpc) is 2.29. The molecular weight excluding hydrogens is 196 g/mol. The minimum Gasteiger partial charge on any atom is -0.396 e. The third kappa shape index (κ3) is 6.10. The lowest BCUT2D eigenvalue weighted by Crippen LogP contribution is -2.27. The zero-order chi connectivity index (χ0) is 11.6. The molecule has 0 fully saturated rings. The molecule has 0 radical (unpaired) electrons. The predicted octanol–water partition coefficient (Wildman–Crippen LogP) is 0.283. The van der Waals surface area contributed by atoms with Gasteiger partial charge in [-0.15, -0.1) is 0 Å². The van der Waals surface area contributed by atoms with Crippen molar-refractivity contribution in [2.75, 3.05) is 26.4 Å². The molecule has 0 amide bonds. The molecular formula is C11H24O4. The first-order chi connectivity index (χ1) is 7.24. The van der Waals surface area contributed by atoms with Crippen LogP contribution in [0, 0.1) is 5.41 Å². The zero-order valence-corrected chi connectivity index (χ0v) is 9.36. The van der Waals surface area contributed by atoms with Crippen LogP contribution in [-0.2, 0) is 0 Å². The third-order valence-corrected chi connectivity index (χ3v) is 2.93. The highest BCUT2D eigenvalue weighted by atomic mass is 16.3. The zero-order valence-electron chi connectivity index (χ0n) is 9.36. The summed E-state index contributed by atoms with van der Waals surface area (Å²) in [5.74, 6) is 0. The molecule has 0 aliphatic carbocycles. The van der Waals surface area contributed by atoms with Crippen molar-refractivity contribution in [2.45, 2.75) is 38.5 Å². The molecule has 0 aliphatic rings. The normalized spacial score (nSPS) is 12.0. The van der Waals surface area contributed by atoms with E-state index in [4.69, 9.17) is 15.3 Å². The van der Waals surface area contributed by atoms with E-state index in [0.717, 1.165) is 19.3 Å². The molecule has 4 heteroatoms. The van der Waals surface area contributed by atoms with Gasteiger partial charge in [0.25, 0.3) is 0 Å². The van der Waals surface area contributed by atoms with Crippen LogP contribution in [0.2, 0.25) is 0 Å². The second-order valence-electron chi connectivity index (χ2n) is 4.14. The summed E-state index contributed by atoms with van der Waals surface area (Å²) in [4.78, 5) is 0. The Balaban J connectivity index is 4.16. The summed E-state index contributed by atoms with van der Waals surface area (Å²) in [5.41, 5.74) is -0.228. The standard InChI is InChI=1S/C11H24O4/c12-7-1-4-11(10-15,5-2-8-13)6-3-9-14/h12-15H,1-10H2. The molecule has 4 nitrogen and oxygen atoms in total. The van der Waals surface area contributed by atoms with E-state index < -0.39 is 0 Å². The van der Waals surface area contributed by atoms with Gasteiger partial charge in [-0.25, -0.2) is 0 Å². The molecule has 0 rings (SSSR count). The van der Waals surface area contributed by atoms with E-state index in [2.05, 4.69) is 0 Å². The van der Waals surface area contributed by atoms with Crippen LogP contribution in [0.1, 0.15) is 38.5 Å². The van der Waals surface area contributed by atoms with Crippen LogP contribution in [0.15, 0.2) is 0 Å². The fourth-order valence-corrected chi connectivity index (χ4v) is 1.97. The van der Waals surface area contributed by atoms with Crippen LogP contribution < -0.4 is 0 Å². The van der Waals surface area contributed by atoms with Crippen LogP contribution in [-0.4, -0.2) is 46.9 Å². The predicted molar refractivity (Wildman–Crippen MR) is 58.5 cm³/mol. The SMILES string of the molecule is OCCCC(CO)(CCCO)CCCO. The summed E-state index contributed by atoms with van der Waals surface area (Å²) in [6.07, 6.45) is 4.24. The molecule has 92 valence electrons. The summed E-state index contributed by atoms with van der Waals surface area (Å²) < 4.78 is 0. The van der Waals surface area contributed by atoms with Gasteiger partial charge >= 0.3 is 0 Å². The quantitative estimate of drug-likeness (QED) is 0.426. The first kappa shape index (κ1) is 14.8. The Morgan fingerprint density at radius 1 is 0.600 bits per heavy atom. The van der Waals surface area contributed by atoms with E-state index in [1.807, 2.05) is 0 Å². The molecule has 0 atom stereocenters. The van der Waals surface area contributed by atoms with Crippen molar-refractivity contribution < 1.29 is 20.4 Å². The molecule has 4 N–H and O–H groups in total. The lowest BCUT2D eigenvalue weighted by molar-refractivity contribution is 0.0707. The minimum absolute atomic E-state index is 0.0625. The summed E-state index contributed by atoms with van der Waals surface area (Å²) in [5, 5.41) is 35.8. The number of aliphatic hydroxyl groups is 4. The Hall–Kier alpha value is -0.160. The van der Waals surface area contributed by atoms with E-state index >= 15 is 0 Å². The van der Waals surface area contributed by atoms with Crippen molar-refractivity contribution in [2.24, 2.45) is 5.41 Å². The first-order valence-electron chi connectivity index (χ1n) is 5.68. The van der Waals surface area contributed by atoms with Gasteiger partial charge in [0, 0.05) is 26.4 Å². The maximum Gasteiger partial charge on any atom is 0.0487 e. The van der Waals surface area contributed by atoms with E-state index in [0.29, 0.717) is 19.3 Å². The maximum absolute atomic E-state index is 9.41. The van der Waals surface area contributed by atoms with Crippen molar-refractivity contribution in [3.63, 3.8) is 0 Å². The molecule has 0 aromatic carbocycles. The Bertz CT molecular complexity index is 117. The van der Waals surface area contributed by atoms with E-state index in [1.54, 1.807) is 0 Å². The number of rotatable bonds is 10. The van der Waals surface area contributed by atoms with Crippen LogP contribution >= 0.6 is 0 Å². The van der Waals surface area contributed by atoms with Gasteiger partial charge in [0.05, 0.1) is 0 Å². The van der Waals surface area contributed by atoms with Gasteiger partial charge in [-0.05, 0) is 43.9 Å². The van der Waals surface area contributed by atoms with Crippen LogP contribution in [0.5, 0.6) is 0 Å². The van der Waals surface area contributed by atoms with Crippen molar-refractivity contribution >= 4 is 0 Å². The Morgan fingerprint density at radius 3 is 1.13 bits per heavy atom. The molecule has 0 spiro atoms. The third-order valence-electron chi connectivity index (χ3n) is 2.93. The van der Waals surface area contributed by atoms with Crippen LogP contribution in [0.4, 0.5) is 0 Å². The van der Waals surface area contributed by atoms with E-state index in [1.165, 1.54) is 0 Å². The monoisotopic (exact) mass is 220 g/mol. The lowest BCUT2D eigenvalue weighted by Gasteiger charge is -2.31. The minimum atomic E-state index is -0.228. The van der Waals surface area contributed by atoms with Gasteiger partial charge in [0.1, 0.15) is 0 Å². The molecule has 0 aromatic rings. The lowest BCUT2D eigenvalue weighted by atomic mass is 9.76. The highest BCUT2D eigenvalue weighted by molar-refractivity contribution is 4.78. The van der Waals surface area contributed by atoms with Gasteiger partial charge in [0.2, 0.25) is 0 Å².